The van der Waals surface area contributed by atoms with E-state index in [9.17, 15) is 4.79 Å². The normalized spacial score (nSPS) is 10.7. The van der Waals surface area contributed by atoms with Crippen molar-refractivity contribution in [1.82, 2.24) is 0 Å². The number of carbonyl (C=O) groups is 1. The molecular weight excluding hydrogens is 268 g/mol. The molecule has 2 heteroatoms. The van der Waals surface area contributed by atoms with E-state index in [2.05, 4.69) is 6.58 Å². The summed E-state index contributed by atoms with van der Waals surface area (Å²) < 4.78 is 0. The average molecular weight is 283 g/mol. The van der Waals surface area contributed by atoms with Crippen LogP contribution in [-0.2, 0) is 0 Å². The van der Waals surface area contributed by atoms with Crippen molar-refractivity contribution in [3.05, 3.63) is 89.0 Å². The number of ketones is 1. The second-order valence-corrected chi connectivity index (χ2v) is 4.89. The molecule has 0 bridgehead atoms. The fourth-order valence-corrected chi connectivity index (χ4v) is 1.93. The summed E-state index contributed by atoms with van der Waals surface area (Å²) in [6.45, 7) is 3.85. The lowest BCUT2D eigenvalue weighted by Crippen LogP contribution is -2.01. The third-order valence-electron chi connectivity index (χ3n) is 2.90. The van der Waals surface area contributed by atoms with Crippen LogP contribution in [0.5, 0.6) is 0 Å². The van der Waals surface area contributed by atoms with E-state index in [1.807, 2.05) is 42.5 Å². The lowest BCUT2D eigenvalue weighted by Gasteiger charge is -2.02. The number of halogens is 1. The molecule has 0 amide bonds. The molecule has 0 atom stereocenters. The summed E-state index contributed by atoms with van der Waals surface area (Å²) in [5.74, 6) is -0.0422. The highest BCUT2D eigenvalue weighted by molar-refractivity contribution is 6.30. The zero-order chi connectivity index (χ0) is 14.4. The highest BCUT2D eigenvalue weighted by Gasteiger charge is 2.08. The van der Waals surface area contributed by atoms with Crippen LogP contribution in [0, 0.1) is 0 Å². The van der Waals surface area contributed by atoms with Gasteiger partial charge in [0.25, 0.3) is 0 Å². The van der Waals surface area contributed by atoms with E-state index in [1.165, 1.54) is 0 Å². The molecule has 2 aromatic carbocycles. The molecule has 0 saturated heterocycles. The molecule has 0 aliphatic carbocycles. The summed E-state index contributed by atoms with van der Waals surface area (Å²) in [7, 11) is 0. The van der Waals surface area contributed by atoms with Crippen molar-refractivity contribution in [2.45, 2.75) is 6.42 Å². The molecule has 100 valence electrons. The van der Waals surface area contributed by atoms with Crippen LogP contribution >= 0.6 is 11.6 Å². The van der Waals surface area contributed by atoms with Crippen molar-refractivity contribution in [3.8, 4) is 0 Å². The Labute approximate surface area is 124 Å². The van der Waals surface area contributed by atoms with E-state index >= 15 is 0 Å². The topological polar surface area (TPSA) is 17.1 Å². The van der Waals surface area contributed by atoms with Crippen molar-refractivity contribution in [2.24, 2.45) is 0 Å². The van der Waals surface area contributed by atoms with Crippen LogP contribution in [0.4, 0.5) is 0 Å². The maximum atomic E-state index is 12.1. The first-order valence-electron chi connectivity index (χ1n) is 6.36. The van der Waals surface area contributed by atoms with Gasteiger partial charge >= 0.3 is 0 Å². The molecule has 0 N–H and O–H groups in total. The van der Waals surface area contributed by atoms with Gasteiger partial charge in [-0.05, 0) is 41.8 Å². The van der Waals surface area contributed by atoms with Gasteiger partial charge in [-0.15, -0.1) is 0 Å². The molecule has 0 heterocycles. The number of Topliss-reactive ketones (excluding diaryl/α,β-unsaturated/α-hetero) is 1. The van der Waals surface area contributed by atoms with E-state index in [1.54, 1.807) is 24.3 Å². The van der Waals surface area contributed by atoms with Gasteiger partial charge in [0.05, 0.1) is 0 Å². The average Bonchev–Trinajstić information content (AvgIpc) is 2.48. The molecule has 0 aromatic heterocycles. The summed E-state index contributed by atoms with van der Waals surface area (Å²) >= 11 is 5.80. The molecule has 0 aliphatic heterocycles. The smallest absolute Gasteiger partial charge is 0.188 e. The van der Waals surface area contributed by atoms with Gasteiger partial charge in [0.1, 0.15) is 0 Å². The van der Waals surface area contributed by atoms with Crippen LogP contribution in [0.3, 0.4) is 0 Å². The predicted octanol–water partition coefficient (Wildman–Crippen LogP) is 5.18. The van der Waals surface area contributed by atoms with Crippen LogP contribution in [-0.4, -0.2) is 5.78 Å². The number of allylic oxidation sites excluding steroid dienone is 2. The quantitative estimate of drug-likeness (QED) is 0.545. The highest BCUT2D eigenvalue weighted by Crippen LogP contribution is 2.15. The number of benzene rings is 2. The molecule has 0 saturated carbocycles. The maximum Gasteiger partial charge on any atom is 0.188 e. The Balaban J connectivity index is 1.96. The Morgan fingerprint density at radius 3 is 2.35 bits per heavy atom. The van der Waals surface area contributed by atoms with Gasteiger partial charge in [0.15, 0.2) is 5.78 Å². The van der Waals surface area contributed by atoms with Gasteiger partial charge in [-0.1, -0.05) is 60.7 Å². The summed E-state index contributed by atoms with van der Waals surface area (Å²) in [4.78, 5) is 12.1. The first kappa shape index (κ1) is 14.3. The molecule has 1 nitrogen and oxygen atoms in total. The van der Waals surface area contributed by atoms with Crippen LogP contribution in [0.15, 0.2) is 72.8 Å². The monoisotopic (exact) mass is 282 g/mol. The van der Waals surface area contributed by atoms with Gasteiger partial charge < -0.3 is 0 Å². The van der Waals surface area contributed by atoms with E-state index in [0.717, 1.165) is 5.56 Å². The molecule has 2 aromatic rings. The van der Waals surface area contributed by atoms with Crippen molar-refractivity contribution in [2.75, 3.05) is 0 Å². The van der Waals surface area contributed by atoms with Crippen molar-refractivity contribution >= 4 is 23.5 Å². The summed E-state index contributed by atoms with van der Waals surface area (Å²) in [5, 5.41) is 0.621. The fourth-order valence-electron chi connectivity index (χ4n) is 1.80. The summed E-state index contributed by atoms with van der Waals surface area (Å²) in [6, 6.07) is 16.8. The van der Waals surface area contributed by atoms with Gasteiger partial charge in [0, 0.05) is 10.6 Å². The number of hydrogen-bond donors (Lipinski definition) is 0. The van der Waals surface area contributed by atoms with Crippen LogP contribution < -0.4 is 0 Å². The zero-order valence-corrected chi connectivity index (χ0v) is 11.8. The summed E-state index contributed by atoms with van der Waals surface area (Å²) in [5.41, 5.74) is 2.30. The fraction of sp³-hybridized carbons (Fsp3) is 0.0556. The van der Waals surface area contributed by atoms with E-state index in [4.69, 9.17) is 11.6 Å². The predicted molar refractivity (Wildman–Crippen MR) is 85.0 cm³/mol. The zero-order valence-electron chi connectivity index (χ0n) is 11.1. The Morgan fingerprint density at radius 2 is 1.70 bits per heavy atom. The lowest BCUT2D eigenvalue weighted by molar-refractivity contribution is 0.103. The van der Waals surface area contributed by atoms with E-state index < -0.39 is 0 Å². The second-order valence-electron chi connectivity index (χ2n) is 4.46. The van der Waals surface area contributed by atoms with Gasteiger partial charge in [-0.25, -0.2) is 0 Å². The molecule has 0 spiro atoms. The van der Waals surface area contributed by atoms with E-state index in [-0.39, 0.29) is 5.78 Å². The largest absolute Gasteiger partial charge is 0.289 e. The molecule has 0 radical (unpaired) electrons. The molecule has 0 unspecified atom stereocenters. The Kier molecular flexibility index (Phi) is 4.91. The second kappa shape index (κ2) is 6.88. The van der Waals surface area contributed by atoms with Gasteiger partial charge in [0.2, 0.25) is 0 Å². The lowest BCUT2D eigenvalue weighted by atomic mass is 10.0. The molecular formula is C18H15ClO. The number of carbonyl (C=O) groups excluding carboxylic acids is 1. The van der Waals surface area contributed by atoms with Crippen molar-refractivity contribution < 1.29 is 4.79 Å². The number of hydrogen-bond acceptors (Lipinski definition) is 1. The third kappa shape index (κ3) is 3.94. The van der Waals surface area contributed by atoms with E-state index in [0.29, 0.717) is 22.6 Å². The van der Waals surface area contributed by atoms with Crippen LogP contribution in [0.25, 0.3) is 6.08 Å². The third-order valence-corrected chi connectivity index (χ3v) is 3.15. The van der Waals surface area contributed by atoms with Crippen LogP contribution in [0.2, 0.25) is 5.02 Å². The van der Waals surface area contributed by atoms with Gasteiger partial charge in [-0.2, -0.15) is 0 Å². The SMILES string of the molecule is C=C(C/C=C/c1ccccc1)C(=O)c1ccc(Cl)cc1. The summed E-state index contributed by atoms with van der Waals surface area (Å²) in [6.07, 6.45) is 4.47. The Hall–Kier alpha value is -2.12. The van der Waals surface area contributed by atoms with Crippen molar-refractivity contribution in [3.63, 3.8) is 0 Å². The Morgan fingerprint density at radius 1 is 1.05 bits per heavy atom. The molecule has 0 aliphatic rings. The minimum absolute atomic E-state index is 0.0422. The molecule has 2 rings (SSSR count). The van der Waals surface area contributed by atoms with Gasteiger partial charge in [-0.3, -0.25) is 4.79 Å². The Bertz CT molecular complexity index is 624. The van der Waals surface area contributed by atoms with Crippen LogP contribution in [0.1, 0.15) is 22.3 Å². The highest BCUT2D eigenvalue weighted by atomic mass is 35.5. The van der Waals surface area contributed by atoms with Crippen molar-refractivity contribution in [1.29, 1.82) is 0 Å². The minimum atomic E-state index is -0.0422. The standard InChI is InChI=1S/C18H15ClO/c1-14(6-5-9-15-7-3-2-4-8-15)18(20)16-10-12-17(19)13-11-16/h2-5,7-13H,1,6H2/b9-5+. The maximum absolute atomic E-state index is 12.1. The first-order chi connectivity index (χ1) is 9.66. The first-order valence-corrected chi connectivity index (χ1v) is 6.74. The number of rotatable bonds is 5. The molecule has 0 fully saturated rings. The minimum Gasteiger partial charge on any atom is -0.289 e. The molecule has 20 heavy (non-hydrogen) atoms.